The Labute approximate surface area is 119 Å². The van der Waals surface area contributed by atoms with Crippen LogP contribution in [0.3, 0.4) is 0 Å². The van der Waals surface area contributed by atoms with Crippen LogP contribution in [-0.2, 0) is 0 Å². The molecular weight excluding hydrogens is 269 g/mol. The average Bonchev–Trinajstić information content (AvgIpc) is 3.06. The molecule has 1 aromatic rings. The van der Waals surface area contributed by atoms with Crippen molar-refractivity contribution in [1.29, 1.82) is 0 Å². The summed E-state index contributed by atoms with van der Waals surface area (Å²) in [5.74, 6) is 2.04. The molecule has 4 heteroatoms. The molecule has 1 saturated carbocycles. The highest BCUT2D eigenvalue weighted by Crippen LogP contribution is 2.49. The first kappa shape index (κ1) is 14.0. The summed E-state index contributed by atoms with van der Waals surface area (Å²) in [6.45, 7) is 5.31. The average molecular weight is 288 g/mol. The lowest BCUT2D eigenvalue weighted by Crippen LogP contribution is -2.23. The largest absolute Gasteiger partial charge is 0.495 e. The van der Waals surface area contributed by atoms with Crippen molar-refractivity contribution in [2.75, 3.05) is 13.7 Å². The molecule has 0 aliphatic heterocycles. The Kier molecular flexibility index (Phi) is 4.41. The summed E-state index contributed by atoms with van der Waals surface area (Å²) in [4.78, 5) is 0. The minimum atomic E-state index is 0.293. The van der Waals surface area contributed by atoms with E-state index in [0.29, 0.717) is 22.7 Å². The summed E-state index contributed by atoms with van der Waals surface area (Å²) >= 11 is 12.5. The van der Waals surface area contributed by atoms with Gasteiger partial charge in [-0.3, -0.25) is 0 Å². The van der Waals surface area contributed by atoms with E-state index in [1.165, 1.54) is 6.42 Å². The highest BCUT2D eigenvalue weighted by atomic mass is 35.5. The van der Waals surface area contributed by atoms with Crippen molar-refractivity contribution in [1.82, 2.24) is 5.32 Å². The van der Waals surface area contributed by atoms with E-state index >= 15 is 0 Å². The zero-order valence-electron chi connectivity index (χ0n) is 11.0. The van der Waals surface area contributed by atoms with Gasteiger partial charge < -0.3 is 10.1 Å². The summed E-state index contributed by atoms with van der Waals surface area (Å²) in [6, 6.07) is 4.03. The van der Waals surface area contributed by atoms with Crippen LogP contribution in [0.2, 0.25) is 10.0 Å². The third-order valence-corrected chi connectivity index (χ3v) is 4.25. The van der Waals surface area contributed by atoms with E-state index in [4.69, 9.17) is 27.9 Å². The zero-order chi connectivity index (χ0) is 13.3. The first-order valence-corrected chi connectivity index (χ1v) is 7.10. The number of ether oxygens (including phenoxy) is 1. The molecule has 0 heterocycles. The number of benzene rings is 1. The van der Waals surface area contributed by atoms with Crippen LogP contribution in [-0.4, -0.2) is 13.7 Å². The highest BCUT2D eigenvalue weighted by Gasteiger charge is 2.40. The SMILES string of the molecule is CCNC(c1cc(Cl)c(OC)cc1Cl)C1CC1C. The van der Waals surface area contributed by atoms with Gasteiger partial charge in [-0.05, 0) is 36.4 Å². The Morgan fingerprint density at radius 2 is 2.06 bits per heavy atom. The molecule has 0 saturated heterocycles. The standard InChI is InChI=1S/C14H19Cl2NO/c1-4-17-14(9-5-8(9)2)10-6-12(16)13(18-3)7-11(10)15/h6-9,14,17H,4-5H2,1-3H3. The molecule has 0 radical (unpaired) electrons. The highest BCUT2D eigenvalue weighted by molar-refractivity contribution is 6.34. The fraction of sp³-hybridized carbons (Fsp3) is 0.571. The van der Waals surface area contributed by atoms with Crippen LogP contribution < -0.4 is 10.1 Å². The molecular formula is C14H19Cl2NO. The fourth-order valence-electron chi connectivity index (χ4n) is 2.47. The van der Waals surface area contributed by atoms with Gasteiger partial charge in [0.05, 0.1) is 12.1 Å². The minimum Gasteiger partial charge on any atom is -0.495 e. The summed E-state index contributed by atoms with van der Waals surface area (Å²) in [6.07, 6.45) is 1.25. The summed E-state index contributed by atoms with van der Waals surface area (Å²) in [5.41, 5.74) is 1.08. The van der Waals surface area contributed by atoms with Crippen LogP contribution in [0.1, 0.15) is 31.9 Å². The van der Waals surface area contributed by atoms with Crippen molar-refractivity contribution >= 4 is 23.2 Å². The third kappa shape index (κ3) is 2.76. The predicted molar refractivity (Wildman–Crippen MR) is 76.7 cm³/mol. The van der Waals surface area contributed by atoms with Gasteiger partial charge >= 0.3 is 0 Å². The Balaban J connectivity index is 2.32. The predicted octanol–water partition coefficient (Wildman–Crippen LogP) is 4.31. The van der Waals surface area contributed by atoms with Crippen molar-refractivity contribution in [3.8, 4) is 5.75 Å². The zero-order valence-corrected chi connectivity index (χ0v) is 12.5. The lowest BCUT2D eigenvalue weighted by molar-refractivity contribution is 0.414. The number of hydrogen-bond donors (Lipinski definition) is 1. The fourth-order valence-corrected chi connectivity index (χ4v) is 2.99. The topological polar surface area (TPSA) is 21.3 Å². The number of rotatable bonds is 5. The molecule has 2 rings (SSSR count). The van der Waals surface area contributed by atoms with Crippen molar-refractivity contribution < 1.29 is 4.74 Å². The maximum Gasteiger partial charge on any atom is 0.138 e. The van der Waals surface area contributed by atoms with Crippen LogP contribution in [0.25, 0.3) is 0 Å². The molecule has 0 spiro atoms. The van der Waals surface area contributed by atoms with Gasteiger partial charge in [-0.25, -0.2) is 0 Å². The van der Waals surface area contributed by atoms with E-state index in [0.717, 1.165) is 23.0 Å². The van der Waals surface area contributed by atoms with Crippen LogP contribution >= 0.6 is 23.2 Å². The summed E-state index contributed by atoms with van der Waals surface area (Å²) in [7, 11) is 1.60. The van der Waals surface area contributed by atoms with E-state index in [2.05, 4.69) is 19.2 Å². The number of nitrogens with one attached hydrogen (secondary N) is 1. The molecule has 1 aromatic carbocycles. The maximum atomic E-state index is 6.35. The Hall–Kier alpha value is -0.440. The first-order valence-electron chi connectivity index (χ1n) is 6.34. The normalized spacial score (nSPS) is 23.8. The Bertz CT molecular complexity index is 436. The maximum absolute atomic E-state index is 6.35. The summed E-state index contributed by atoms with van der Waals surface area (Å²) < 4.78 is 5.18. The molecule has 0 aromatic heterocycles. The van der Waals surface area contributed by atoms with E-state index in [9.17, 15) is 0 Å². The molecule has 0 amide bonds. The van der Waals surface area contributed by atoms with E-state index in [1.54, 1.807) is 13.2 Å². The second-order valence-electron chi connectivity index (χ2n) is 4.92. The molecule has 1 aliphatic rings. The van der Waals surface area contributed by atoms with E-state index in [-0.39, 0.29) is 0 Å². The van der Waals surface area contributed by atoms with Crippen LogP contribution in [0.15, 0.2) is 12.1 Å². The Morgan fingerprint density at radius 1 is 1.39 bits per heavy atom. The molecule has 1 fully saturated rings. The second kappa shape index (κ2) is 5.68. The molecule has 3 unspecified atom stereocenters. The summed E-state index contributed by atoms with van der Waals surface area (Å²) in [5, 5.41) is 4.85. The first-order chi connectivity index (χ1) is 8.58. The van der Waals surface area contributed by atoms with Gasteiger partial charge in [0.2, 0.25) is 0 Å². The smallest absolute Gasteiger partial charge is 0.138 e. The van der Waals surface area contributed by atoms with Crippen LogP contribution in [0.5, 0.6) is 5.75 Å². The van der Waals surface area contributed by atoms with Crippen LogP contribution in [0.4, 0.5) is 0 Å². The lowest BCUT2D eigenvalue weighted by atomic mass is 10.0. The van der Waals surface area contributed by atoms with E-state index in [1.807, 2.05) is 6.07 Å². The van der Waals surface area contributed by atoms with Crippen molar-refractivity contribution in [3.63, 3.8) is 0 Å². The van der Waals surface area contributed by atoms with Gasteiger partial charge in [0, 0.05) is 17.1 Å². The molecule has 3 atom stereocenters. The van der Waals surface area contributed by atoms with Gasteiger partial charge in [0.25, 0.3) is 0 Å². The number of hydrogen-bond acceptors (Lipinski definition) is 2. The molecule has 100 valence electrons. The number of halogens is 2. The third-order valence-electron chi connectivity index (χ3n) is 3.63. The molecule has 18 heavy (non-hydrogen) atoms. The Morgan fingerprint density at radius 3 is 2.56 bits per heavy atom. The van der Waals surface area contributed by atoms with Crippen molar-refractivity contribution in [2.24, 2.45) is 11.8 Å². The molecule has 1 aliphatic carbocycles. The molecule has 2 nitrogen and oxygen atoms in total. The monoisotopic (exact) mass is 287 g/mol. The number of methoxy groups -OCH3 is 1. The molecule has 0 bridgehead atoms. The van der Waals surface area contributed by atoms with Crippen molar-refractivity contribution in [3.05, 3.63) is 27.7 Å². The van der Waals surface area contributed by atoms with Gasteiger partial charge in [-0.15, -0.1) is 0 Å². The quantitative estimate of drug-likeness (QED) is 0.871. The van der Waals surface area contributed by atoms with E-state index < -0.39 is 0 Å². The molecule has 1 N–H and O–H groups in total. The van der Waals surface area contributed by atoms with Crippen molar-refractivity contribution in [2.45, 2.75) is 26.3 Å². The lowest BCUT2D eigenvalue weighted by Gasteiger charge is -2.20. The van der Waals surface area contributed by atoms with Gasteiger partial charge in [-0.2, -0.15) is 0 Å². The second-order valence-corrected chi connectivity index (χ2v) is 5.73. The van der Waals surface area contributed by atoms with Gasteiger partial charge in [0.1, 0.15) is 5.75 Å². The van der Waals surface area contributed by atoms with Crippen LogP contribution in [0, 0.1) is 11.8 Å². The van der Waals surface area contributed by atoms with Gasteiger partial charge in [0.15, 0.2) is 0 Å². The minimum absolute atomic E-state index is 0.293. The van der Waals surface area contributed by atoms with Gasteiger partial charge in [-0.1, -0.05) is 37.0 Å².